The number of allylic oxidation sites excluding steroid dienone is 4. The Morgan fingerprint density at radius 3 is 2.65 bits per heavy atom. The Morgan fingerprint density at radius 2 is 1.95 bits per heavy atom. The second-order valence-electron chi connectivity index (χ2n) is 6.54. The molecule has 112 valence electrons. The SMILES string of the molecule is C[N+]1(CCCCCC2=CC(=O)C(Cl)C=C2)CCCCC1. The Balaban J connectivity index is 1.61. The largest absolute Gasteiger partial charge is 0.326 e. The van der Waals surface area contributed by atoms with E-state index in [1.54, 1.807) is 12.2 Å². The van der Waals surface area contributed by atoms with Crippen molar-refractivity contribution in [2.75, 3.05) is 26.7 Å². The topological polar surface area (TPSA) is 17.1 Å². The molecule has 0 aromatic heterocycles. The van der Waals surface area contributed by atoms with E-state index in [2.05, 4.69) is 7.05 Å². The second kappa shape index (κ2) is 7.42. The normalized spacial score (nSPS) is 25.6. The van der Waals surface area contributed by atoms with Crippen LogP contribution in [-0.2, 0) is 4.79 Å². The number of hydrogen-bond acceptors (Lipinski definition) is 1. The summed E-state index contributed by atoms with van der Waals surface area (Å²) in [5, 5.41) is -0.442. The smallest absolute Gasteiger partial charge is 0.177 e. The van der Waals surface area contributed by atoms with Crippen molar-refractivity contribution >= 4 is 17.4 Å². The average Bonchev–Trinajstić information content (AvgIpc) is 2.43. The molecule has 1 fully saturated rings. The summed E-state index contributed by atoms with van der Waals surface area (Å²) in [7, 11) is 2.41. The number of piperidine rings is 1. The van der Waals surface area contributed by atoms with Crippen LogP contribution in [-0.4, -0.2) is 42.3 Å². The van der Waals surface area contributed by atoms with Gasteiger partial charge in [0.15, 0.2) is 5.78 Å². The number of carbonyl (C=O) groups excluding carboxylic acids is 1. The molecule has 1 heterocycles. The number of alkyl halides is 1. The number of quaternary nitrogens is 1. The lowest BCUT2D eigenvalue weighted by Gasteiger charge is -2.37. The number of unbranched alkanes of at least 4 members (excludes halogenated alkanes) is 2. The van der Waals surface area contributed by atoms with Gasteiger partial charge in [0.2, 0.25) is 0 Å². The molecule has 0 saturated carbocycles. The maximum Gasteiger partial charge on any atom is 0.177 e. The summed E-state index contributed by atoms with van der Waals surface area (Å²) in [5.74, 6) is 0.0375. The molecule has 2 rings (SSSR count). The first-order chi connectivity index (χ1) is 9.59. The molecule has 1 unspecified atom stereocenters. The molecule has 20 heavy (non-hydrogen) atoms. The molecular weight excluding hydrogens is 270 g/mol. The van der Waals surface area contributed by atoms with E-state index < -0.39 is 5.38 Å². The van der Waals surface area contributed by atoms with Crippen LogP contribution in [0.3, 0.4) is 0 Å². The number of nitrogens with zero attached hydrogens (tertiary/aromatic N) is 1. The highest BCUT2D eigenvalue weighted by molar-refractivity contribution is 6.34. The number of ketones is 1. The van der Waals surface area contributed by atoms with E-state index in [1.807, 2.05) is 6.08 Å². The summed E-state index contributed by atoms with van der Waals surface area (Å²) in [6, 6.07) is 0. The second-order valence-corrected chi connectivity index (χ2v) is 7.01. The molecule has 0 aromatic rings. The number of rotatable bonds is 6. The van der Waals surface area contributed by atoms with Crippen molar-refractivity contribution in [1.82, 2.24) is 0 Å². The third-order valence-corrected chi connectivity index (χ3v) is 5.00. The van der Waals surface area contributed by atoms with Crippen LogP contribution in [0.1, 0.15) is 44.9 Å². The van der Waals surface area contributed by atoms with E-state index in [-0.39, 0.29) is 5.78 Å². The monoisotopic (exact) mass is 296 g/mol. The van der Waals surface area contributed by atoms with E-state index in [0.29, 0.717) is 0 Å². The third-order valence-electron chi connectivity index (χ3n) is 4.64. The fourth-order valence-corrected chi connectivity index (χ4v) is 3.40. The Bertz CT molecular complexity index is 394. The van der Waals surface area contributed by atoms with Gasteiger partial charge < -0.3 is 4.48 Å². The van der Waals surface area contributed by atoms with Gasteiger partial charge in [-0.2, -0.15) is 0 Å². The quantitative estimate of drug-likeness (QED) is 0.413. The molecule has 2 aliphatic rings. The number of hydrogen-bond donors (Lipinski definition) is 0. The molecule has 2 nitrogen and oxygen atoms in total. The Kier molecular flexibility index (Phi) is 5.86. The van der Waals surface area contributed by atoms with Crippen LogP contribution in [0.15, 0.2) is 23.8 Å². The fourth-order valence-electron chi connectivity index (χ4n) is 3.27. The Labute approximate surface area is 128 Å². The lowest BCUT2D eigenvalue weighted by atomic mass is 10.00. The van der Waals surface area contributed by atoms with Crippen molar-refractivity contribution in [1.29, 1.82) is 0 Å². The van der Waals surface area contributed by atoms with Crippen LogP contribution in [0.2, 0.25) is 0 Å². The highest BCUT2D eigenvalue weighted by atomic mass is 35.5. The van der Waals surface area contributed by atoms with E-state index in [4.69, 9.17) is 11.6 Å². The molecule has 1 aliphatic carbocycles. The van der Waals surface area contributed by atoms with Crippen molar-refractivity contribution in [3.05, 3.63) is 23.8 Å². The van der Waals surface area contributed by atoms with Gasteiger partial charge in [0.25, 0.3) is 0 Å². The summed E-state index contributed by atoms with van der Waals surface area (Å²) in [5.41, 5.74) is 1.14. The van der Waals surface area contributed by atoms with Crippen molar-refractivity contribution in [2.24, 2.45) is 0 Å². The summed E-state index contributed by atoms with van der Waals surface area (Å²) in [6.45, 7) is 4.04. The van der Waals surface area contributed by atoms with Gasteiger partial charge in [0, 0.05) is 0 Å². The summed E-state index contributed by atoms with van der Waals surface area (Å²) < 4.78 is 1.27. The average molecular weight is 297 g/mol. The minimum absolute atomic E-state index is 0.0375. The third kappa shape index (κ3) is 4.75. The molecule has 0 aromatic carbocycles. The van der Waals surface area contributed by atoms with Crippen LogP contribution < -0.4 is 0 Å². The standard InChI is InChI=1S/C17H27ClNO/c1-19(12-6-3-7-13-19)11-5-2-4-8-15-9-10-16(18)17(20)14-15/h9-10,14,16H,2-8,11-13H2,1H3/q+1. The maximum absolute atomic E-state index is 11.5. The molecule has 0 N–H and O–H groups in total. The first-order valence-corrected chi connectivity index (χ1v) is 8.43. The lowest BCUT2D eigenvalue weighted by Crippen LogP contribution is -2.48. The van der Waals surface area contributed by atoms with Crippen LogP contribution in [0, 0.1) is 0 Å². The molecule has 0 amide bonds. The van der Waals surface area contributed by atoms with Gasteiger partial charge in [0.05, 0.1) is 26.7 Å². The van der Waals surface area contributed by atoms with Gasteiger partial charge in [0.1, 0.15) is 5.38 Å². The summed E-state index contributed by atoms with van der Waals surface area (Å²) in [6.07, 6.45) is 14.5. The number of halogens is 1. The maximum atomic E-state index is 11.5. The van der Waals surface area contributed by atoms with E-state index in [9.17, 15) is 4.79 Å². The molecule has 0 bridgehead atoms. The molecule has 0 radical (unpaired) electrons. The van der Waals surface area contributed by atoms with Crippen molar-refractivity contribution < 1.29 is 9.28 Å². The molecule has 1 saturated heterocycles. The summed E-state index contributed by atoms with van der Waals surface area (Å²) in [4.78, 5) is 11.5. The van der Waals surface area contributed by atoms with Gasteiger partial charge in [-0.3, -0.25) is 4.79 Å². The molecule has 0 spiro atoms. The van der Waals surface area contributed by atoms with Gasteiger partial charge in [-0.1, -0.05) is 12.2 Å². The minimum Gasteiger partial charge on any atom is -0.326 e. The molecule has 3 heteroatoms. The molecule has 1 aliphatic heterocycles. The van der Waals surface area contributed by atoms with Crippen LogP contribution in [0.4, 0.5) is 0 Å². The first kappa shape index (κ1) is 15.8. The summed E-state index contributed by atoms with van der Waals surface area (Å²) >= 11 is 5.83. The van der Waals surface area contributed by atoms with Crippen LogP contribution in [0.5, 0.6) is 0 Å². The Hall–Kier alpha value is -0.600. The van der Waals surface area contributed by atoms with E-state index in [0.717, 1.165) is 12.0 Å². The zero-order valence-electron chi connectivity index (χ0n) is 12.6. The molecule has 1 atom stereocenters. The molecular formula is C17H27ClNO+. The minimum atomic E-state index is -0.442. The van der Waals surface area contributed by atoms with E-state index >= 15 is 0 Å². The van der Waals surface area contributed by atoms with Gasteiger partial charge in [-0.25, -0.2) is 0 Å². The van der Waals surface area contributed by atoms with Crippen LogP contribution >= 0.6 is 11.6 Å². The predicted molar refractivity (Wildman–Crippen MR) is 85.0 cm³/mol. The first-order valence-electron chi connectivity index (χ1n) is 7.99. The number of likely N-dealkylation sites (tertiary alicyclic amines) is 1. The highest BCUT2D eigenvalue weighted by Gasteiger charge is 2.23. The zero-order chi connectivity index (χ0) is 14.4. The van der Waals surface area contributed by atoms with E-state index in [1.165, 1.54) is 62.6 Å². The highest BCUT2D eigenvalue weighted by Crippen LogP contribution is 2.20. The number of carbonyl (C=O) groups is 1. The predicted octanol–water partition coefficient (Wildman–Crippen LogP) is 3.85. The van der Waals surface area contributed by atoms with Crippen molar-refractivity contribution in [3.63, 3.8) is 0 Å². The fraction of sp³-hybridized carbons (Fsp3) is 0.706. The zero-order valence-corrected chi connectivity index (χ0v) is 13.4. The van der Waals surface area contributed by atoms with Gasteiger partial charge >= 0.3 is 0 Å². The lowest BCUT2D eigenvalue weighted by molar-refractivity contribution is -0.914. The van der Waals surface area contributed by atoms with Crippen LogP contribution in [0.25, 0.3) is 0 Å². The van der Waals surface area contributed by atoms with Gasteiger partial charge in [-0.15, -0.1) is 11.6 Å². The van der Waals surface area contributed by atoms with Crippen molar-refractivity contribution in [3.8, 4) is 0 Å². The Morgan fingerprint density at radius 1 is 1.20 bits per heavy atom. The van der Waals surface area contributed by atoms with Gasteiger partial charge in [-0.05, 0) is 56.6 Å². The van der Waals surface area contributed by atoms with Crippen molar-refractivity contribution in [2.45, 2.75) is 50.3 Å².